The van der Waals surface area contributed by atoms with E-state index in [0.717, 1.165) is 0 Å². The Labute approximate surface area is 135 Å². The van der Waals surface area contributed by atoms with Gasteiger partial charge in [-0.2, -0.15) is 0 Å². The summed E-state index contributed by atoms with van der Waals surface area (Å²) < 4.78 is 44.0. The quantitative estimate of drug-likeness (QED) is 0.751. The van der Waals surface area contributed by atoms with E-state index >= 15 is 0 Å². The zero-order valence-electron chi connectivity index (χ0n) is 12.8. The number of benzene rings is 1. The zero-order valence-corrected chi connectivity index (χ0v) is 13.6. The molecule has 0 aromatic heterocycles. The lowest BCUT2D eigenvalue weighted by molar-refractivity contribution is -0.122. The summed E-state index contributed by atoms with van der Waals surface area (Å²) >= 11 is 0. The van der Waals surface area contributed by atoms with E-state index in [1.165, 1.54) is 28.6 Å². The summed E-state index contributed by atoms with van der Waals surface area (Å²) in [7, 11) is -3.35. The molecule has 0 atom stereocenters. The lowest BCUT2D eigenvalue weighted by Gasteiger charge is -2.29. The van der Waals surface area contributed by atoms with Crippen LogP contribution in [0.3, 0.4) is 0 Å². The molecule has 6 nitrogen and oxygen atoms in total. The van der Waals surface area contributed by atoms with E-state index in [4.69, 9.17) is 10.5 Å². The van der Waals surface area contributed by atoms with Crippen molar-refractivity contribution in [2.75, 3.05) is 25.4 Å². The van der Waals surface area contributed by atoms with Crippen LogP contribution in [0.15, 0.2) is 24.3 Å². The van der Waals surface area contributed by atoms with Gasteiger partial charge in [-0.25, -0.2) is 17.1 Å². The first-order valence-electron chi connectivity index (χ1n) is 7.54. The topological polar surface area (TPSA) is 89.7 Å². The van der Waals surface area contributed by atoms with Crippen molar-refractivity contribution in [1.29, 1.82) is 0 Å². The molecule has 23 heavy (non-hydrogen) atoms. The summed E-state index contributed by atoms with van der Waals surface area (Å²) in [4.78, 5) is 11.1. The van der Waals surface area contributed by atoms with Crippen molar-refractivity contribution in [3.05, 3.63) is 30.1 Å². The van der Waals surface area contributed by atoms with Gasteiger partial charge in [0, 0.05) is 19.0 Å². The molecule has 1 fully saturated rings. The van der Waals surface area contributed by atoms with Gasteiger partial charge in [-0.3, -0.25) is 4.79 Å². The molecule has 1 saturated heterocycles. The summed E-state index contributed by atoms with van der Waals surface area (Å²) in [6, 6.07) is 5.57. The second-order valence-corrected chi connectivity index (χ2v) is 7.64. The Morgan fingerprint density at radius 3 is 2.43 bits per heavy atom. The van der Waals surface area contributed by atoms with E-state index in [1.807, 2.05) is 0 Å². The van der Waals surface area contributed by atoms with Gasteiger partial charge in [0.15, 0.2) is 0 Å². The summed E-state index contributed by atoms with van der Waals surface area (Å²) in [5.74, 6) is -0.460. The maximum absolute atomic E-state index is 12.7. The van der Waals surface area contributed by atoms with Crippen LogP contribution < -0.4 is 10.5 Å². The number of halogens is 1. The van der Waals surface area contributed by atoms with E-state index in [1.54, 1.807) is 0 Å². The summed E-state index contributed by atoms with van der Waals surface area (Å²) in [6.07, 6.45) is 1.29. The van der Waals surface area contributed by atoms with Crippen molar-refractivity contribution in [3.63, 3.8) is 0 Å². The second-order valence-electron chi connectivity index (χ2n) is 5.55. The van der Waals surface area contributed by atoms with Crippen molar-refractivity contribution in [2.45, 2.75) is 19.3 Å². The summed E-state index contributed by atoms with van der Waals surface area (Å²) in [5.41, 5.74) is 5.24. The van der Waals surface area contributed by atoms with Gasteiger partial charge in [0.1, 0.15) is 11.6 Å². The van der Waals surface area contributed by atoms with Crippen LogP contribution in [-0.4, -0.2) is 44.1 Å². The molecule has 0 aliphatic carbocycles. The molecule has 1 aromatic rings. The number of amides is 1. The molecular formula is C15H21FN2O4S. The molecule has 0 bridgehead atoms. The number of primary amides is 1. The van der Waals surface area contributed by atoms with E-state index in [0.29, 0.717) is 38.1 Å². The molecule has 0 spiro atoms. The molecule has 0 saturated carbocycles. The highest BCUT2D eigenvalue weighted by molar-refractivity contribution is 7.89. The Morgan fingerprint density at radius 2 is 1.87 bits per heavy atom. The van der Waals surface area contributed by atoms with Gasteiger partial charge < -0.3 is 10.5 Å². The van der Waals surface area contributed by atoms with Gasteiger partial charge in [-0.1, -0.05) is 0 Å². The van der Waals surface area contributed by atoms with Crippen LogP contribution in [0.1, 0.15) is 19.3 Å². The first kappa shape index (κ1) is 17.7. The molecule has 1 aliphatic heterocycles. The predicted octanol–water partition coefficient (Wildman–Crippen LogP) is 1.12. The van der Waals surface area contributed by atoms with Gasteiger partial charge in [0.2, 0.25) is 15.9 Å². The standard InChI is InChI=1S/C15H21FN2O4S/c16-13-2-4-14(5-3-13)22-10-1-11-23(20,21)18-8-6-12(7-9-18)15(17)19/h2-5,12H,1,6-11H2,(H2,17,19). The lowest BCUT2D eigenvalue weighted by Crippen LogP contribution is -2.42. The van der Waals surface area contributed by atoms with Crippen LogP contribution >= 0.6 is 0 Å². The van der Waals surface area contributed by atoms with Crippen LogP contribution in [0, 0.1) is 11.7 Å². The molecule has 2 N–H and O–H groups in total. The van der Waals surface area contributed by atoms with Crippen molar-refractivity contribution < 1.29 is 22.3 Å². The Kier molecular flexibility index (Phi) is 5.95. The Hall–Kier alpha value is -1.67. The van der Waals surface area contributed by atoms with Crippen molar-refractivity contribution in [3.8, 4) is 5.75 Å². The number of rotatable bonds is 7. The number of hydrogen-bond donors (Lipinski definition) is 1. The van der Waals surface area contributed by atoms with Crippen LogP contribution in [0.5, 0.6) is 5.75 Å². The molecule has 128 valence electrons. The van der Waals surface area contributed by atoms with Crippen molar-refractivity contribution in [2.24, 2.45) is 11.7 Å². The number of nitrogens with zero attached hydrogens (tertiary/aromatic N) is 1. The summed E-state index contributed by atoms with van der Waals surface area (Å²) in [5, 5.41) is 0. The number of carbonyl (C=O) groups is 1. The molecule has 1 aromatic carbocycles. The SMILES string of the molecule is NC(=O)C1CCN(S(=O)(=O)CCCOc2ccc(F)cc2)CC1. The number of carbonyl (C=O) groups excluding carboxylic acids is 1. The van der Waals surface area contributed by atoms with E-state index in [-0.39, 0.29) is 30.0 Å². The predicted molar refractivity (Wildman–Crippen MR) is 83.8 cm³/mol. The molecule has 0 radical (unpaired) electrons. The Morgan fingerprint density at radius 1 is 1.26 bits per heavy atom. The highest BCUT2D eigenvalue weighted by Crippen LogP contribution is 2.20. The highest BCUT2D eigenvalue weighted by atomic mass is 32.2. The monoisotopic (exact) mass is 344 g/mol. The third kappa shape index (κ3) is 5.18. The number of sulfonamides is 1. The molecular weight excluding hydrogens is 323 g/mol. The number of nitrogens with two attached hydrogens (primary N) is 1. The Bertz CT molecular complexity index is 625. The highest BCUT2D eigenvalue weighted by Gasteiger charge is 2.29. The van der Waals surface area contributed by atoms with Crippen molar-refractivity contribution >= 4 is 15.9 Å². The van der Waals surface area contributed by atoms with Crippen LogP contribution in [0.2, 0.25) is 0 Å². The van der Waals surface area contributed by atoms with Crippen LogP contribution in [0.4, 0.5) is 4.39 Å². The Balaban J connectivity index is 1.74. The number of piperidine rings is 1. The zero-order chi connectivity index (χ0) is 16.9. The fraction of sp³-hybridized carbons (Fsp3) is 0.533. The largest absolute Gasteiger partial charge is 0.494 e. The maximum Gasteiger partial charge on any atom is 0.220 e. The molecule has 1 aliphatic rings. The third-order valence-corrected chi connectivity index (χ3v) is 5.84. The number of hydrogen-bond acceptors (Lipinski definition) is 4. The molecule has 0 unspecified atom stereocenters. The van der Waals surface area contributed by atoms with Crippen molar-refractivity contribution in [1.82, 2.24) is 4.31 Å². The smallest absolute Gasteiger partial charge is 0.220 e. The third-order valence-electron chi connectivity index (χ3n) is 3.88. The van der Waals surface area contributed by atoms with E-state index < -0.39 is 10.0 Å². The number of ether oxygens (including phenoxy) is 1. The van der Waals surface area contributed by atoms with Gasteiger partial charge in [-0.05, 0) is 43.5 Å². The fourth-order valence-electron chi connectivity index (χ4n) is 2.51. The van der Waals surface area contributed by atoms with Gasteiger partial charge >= 0.3 is 0 Å². The minimum Gasteiger partial charge on any atom is -0.494 e. The van der Waals surface area contributed by atoms with Gasteiger partial charge in [0.25, 0.3) is 0 Å². The average molecular weight is 344 g/mol. The normalized spacial score (nSPS) is 17.1. The average Bonchev–Trinajstić information content (AvgIpc) is 2.53. The van der Waals surface area contributed by atoms with Crippen LogP contribution in [0.25, 0.3) is 0 Å². The molecule has 1 amide bonds. The lowest BCUT2D eigenvalue weighted by atomic mass is 9.98. The molecule has 8 heteroatoms. The second kappa shape index (κ2) is 7.74. The minimum absolute atomic E-state index is 0.0184. The van der Waals surface area contributed by atoms with Gasteiger partial charge in [0.05, 0.1) is 12.4 Å². The molecule has 1 heterocycles. The van der Waals surface area contributed by atoms with Gasteiger partial charge in [-0.15, -0.1) is 0 Å². The maximum atomic E-state index is 12.7. The molecule has 2 rings (SSSR count). The van der Waals surface area contributed by atoms with E-state index in [2.05, 4.69) is 0 Å². The fourth-order valence-corrected chi connectivity index (χ4v) is 4.02. The van der Waals surface area contributed by atoms with Crippen LogP contribution in [-0.2, 0) is 14.8 Å². The minimum atomic E-state index is -3.35. The van der Waals surface area contributed by atoms with E-state index in [9.17, 15) is 17.6 Å². The first-order valence-corrected chi connectivity index (χ1v) is 9.15. The first-order chi connectivity index (χ1) is 10.9. The summed E-state index contributed by atoms with van der Waals surface area (Å²) in [6.45, 7) is 0.895.